The minimum atomic E-state index is -3.61. The second-order valence-corrected chi connectivity index (χ2v) is 8.64. The van der Waals surface area contributed by atoms with Crippen molar-refractivity contribution in [2.45, 2.75) is 36.7 Å². The van der Waals surface area contributed by atoms with Gasteiger partial charge in [-0.25, -0.2) is 18.1 Å². The van der Waals surface area contributed by atoms with Crippen molar-refractivity contribution in [1.29, 1.82) is 0 Å². The highest BCUT2D eigenvalue weighted by molar-refractivity contribution is 7.99. The number of aromatic amines is 1. The number of hydrogen-bond acceptors (Lipinski definition) is 6. The van der Waals surface area contributed by atoms with Crippen LogP contribution < -0.4 is 15.6 Å². The van der Waals surface area contributed by atoms with Crippen LogP contribution in [0.2, 0.25) is 0 Å². The number of anilines is 1. The predicted octanol–water partition coefficient (Wildman–Crippen LogP) is 1.67. The van der Waals surface area contributed by atoms with E-state index in [-0.39, 0.29) is 22.1 Å². The standard InChI is InChI=1S/C17H22N4O4S2/c1-4-5-12-9-15(22)21-17(20-12)26-10-16(23)19-13-7-6-11(2)14(8-13)27(24,25)18-3/h6-9,18H,4-5,10H2,1-3H3,(H,19,23)(H,20,21,22). The lowest BCUT2D eigenvalue weighted by Crippen LogP contribution is -2.20. The van der Waals surface area contributed by atoms with Crippen LogP contribution in [0.1, 0.15) is 24.6 Å². The fourth-order valence-electron chi connectivity index (χ4n) is 2.34. The number of carbonyl (C=O) groups is 1. The van der Waals surface area contributed by atoms with Crippen LogP contribution in [0.15, 0.2) is 39.1 Å². The van der Waals surface area contributed by atoms with Crippen LogP contribution in [-0.4, -0.2) is 37.1 Å². The molecular formula is C17H22N4O4S2. The third kappa shape index (κ3) is 5.91. The van der Waals surface area contributed by atoms with Gasteiger partial charge in [-0.1, -0.05) is 31.2 Å². The number of hydrogen-bond donors (Lipinski definition) is 3. The molecule has 8 nitrogen and oxygen atoms in total. The van der Waals surface area contributed by atoms with Gasteiger partial charge in [0, 0.05) is 17.4 Å². The van der Waals surface area contributed by atoms with Gasteiger partial charge in [0.1, 0.15) is 0 Å². The molecule has 0 saturated heterocycles. The number of carbonyl (C=O) groups excluding carboxylic acids is 1. The van der Waals surface area contributed by atoms with E-state index >= 15 is 0 Å². The van der Waals surface area contributed by atoms with Gasteiger partial charge >= 0.3 is 0 Å². The first kappa shape index (κ1) is 21.1. The zero-order valence-electron chi connectivity index (χ0n) is 15.3. The van der Waals surface area contributed by atoms with Crippen LogP contribution in [0, 0.1) is 6.92 Å². The molecule has 0 spiro atoms. The molecule has 0 unspecified atom stereocenters. The number of aromatic nitrogens is 2. The molecule has 3 N–H and O–H groups in total. The molecule has 1 amide bonds. The van der Waals surface area contributed by atoms with Crippen molar-refractivity contribution in [3.05, 3.63) is 45.9 Å². The van der Waals surface area contributed by atoms with Crippen molar-refractivity contribution >= 4 is 33.4 Å². The van der Waals surface area contributed by atoms with Crippen molar-refractivity contribution < 1.29 is 13.2 Å². The quantitative estimate of drug-likeness (QED) is 0.450. The molecular weight excluding hydrogens is 388 g/mol. The molecule has 146 valence electrons. The molecule has 10 heteroatoms. The minimum absolute atomic E-state index is 0.0283. The number of thioether (sulfide) groups is 1. The van der Waals surface area contributed by atoms with Gasteiger partial charge in [0.25, 0.3) is 5.56 Å². The van der Waals surface area contributed by atoms with Crippen molar-refractivity contribution in [3.63, 3.8) is 0 Å². The summed E-state index contributed by atoms with van der Waals surface area (Å²) in [5.74, 6) is -0.305. The van der Waals surface area contributed by atoms with Gasteiger partial charge in [0.2, 0.25) is 15.9 Å². The van der Waals surface area contributed by atoms with E-state index in [4.69, 9.17) is 0 Å². The summed E-state index contributed by atoms with van der Waals surface area (Å²) in [7, 11) is -2.28. The van der Waals surface area contributed by atoms with Crippen LogP contribution in [0.25, 0.3) is 0 Å². The highest BCUT2D eigenvalue weighted by Gasteiger charge is 2.16. The van der Waals surface area contributed by atoms with E-state index in [0.717, 1.165) is 18.2 Å². The third-order valence-corrected chi connectivity index (χ3v) is 6.08. The molecule has 0 bridgehead atoms. The van der Waals surface area contributed by atoms with Crippen LogP contribution in [-0.2, 0) is 21.2 Å². The van der Waals surface area contributed by atoms with Crippen molar-refractivity contribution in [1.82, 2.24) is 14.7 Å². The Bertz CT molecular complexity index is 987. The van der Waals surface area contributed by atoms with Crippen LogP contribution in [0.3, 0.4) is 0 Å². The highest BCUT2D eigenvalue weighted by atomic mass is 32.2. The highest BCUT2D eigenvalue weighted by Crippen LogP contribution is 2.20. The van der Waals surface area contributed by atoms with E-state index in [0.29, 0.717) is 28.5 Å². The largest absolute Gasteiger partial charge is 0.325 e. The van der Waals surface area contributed by atoms with Crippen LogP contribution in [0.5, 0.6) is 0 Å². The fraction of sp³-hybridized carbons (Fsp3) is 0.353. The van der Waals surface area contributed by atoms with Crippen LogP contribution >= 0.6 is 11.8 Å². The lowest BCUT2D eigenvalue weighted by atomic mass is 10.2. The van der Waals surface area contributed by atoms with Gasteiger partial charge in [-0.2, -0.15) is 0 Å². The Labute approximate surface area is 162 Å². The summed E-state index contributed by atoms with van der Waals surface area (Å²) in [6.45, 7) is 3.67. The minimum Gasteiger partial charge on any atom is -0.325 e. The lowest BCUT2D eigenvalue weighted by Gasteiger charge is -2.10. The summed E-state index contributed by atoms with van der Waals surface area (Å²) in [6.07, 6.45) is 1.56. The summed E-state index contributed by atoms with van der Waals surface area (Å²) in [5, 5.41) is 3.04. The third-order valence-electron chi connectivity index (χ3n) is 3.65. The Morgan fingerprint density at radius 2 is 2.04 bits per heavy atom. The number of aryl methyl sites for hydroxylation is 2. The first-order valence-electron chi connectivity index (χ1n) is 8.32. The summed E-state index contributed by atoms with van der Waals surface area (Å²) in [4.78, 5) is 30.8. The van der Waals surface area contributed by atoms with Gasteiger partial charge in [0.05, 0.1) is 10.6 Å². The number of nitrogens with zero attached hydrogens (tertiary/aromatic N) is 1. The Morgan fingerprint density at radius 3 is 2.70 bits per heavy atom. The number of rotatable bonds is 8. The molecule has 2 aromatic rings. The zero-order chi connectivity index (χ0) is 20.0. The SMILES string of the molecule is CCCc1cc(=O)[nH]c(SCC(=O)Nc2ccc(C)c(S(=O)(=O)NC)c2)n1. The number of benzene rings is 1. The number of nitrogens with one attached hydrogen (secondary N) is 3. The Kier molecular flexibility index (Phi) is 7.17. The van der Waals surface area contributed by atoms with E-state index in [9.17, 15) is 18.0 Å². The van der Waals surface area contributed by atoms with Gasteiger partial charge in [-0.3, -0.25) is 9.59 Å². The molecule has 0 aliphatic rings. The first-order valence-corrected chi connectivity index (χ1v) is 10.8. The maximum atomic E-state index is 12.2. The van der Waals surface area contributed by atoms with Gasteiger partial charge in [0.15, 0.2) is 5.16 Å². The summed E-state index contributed by atoms with van der Waals surface area (Å²) in [6, 6.07) is 6.12. The monoisotopic (exact) mass is 410 g/mol. The second kappa shape index (κ2) is 9.16. The summed E-state index contributed by atoms with van der Waals surface area (Å²) >= 11 is 1.11. The zero-order valence-corrected chi connectivity index (χ0v) is 17.0. The van der Waals surface area contributed by atoms with Crippen LogP contribution in [0.4, 0.5) is 5.69 Å². The average molecular weight is 411 g/mol. The molecule has 0 aliphatic heterocycles. The molecule has 1 aromatic carbocycles. The molecule has 0 radical (unpaired) electrons. The molecule has 0 atom stereocenters. The molecule has 0 aliphatic carbocycles. The molecule has 0 fully saturated rings. The average Bonchev–Trinajstić information content (AvgIpc) is 2.61. The van der Waals surface area contributed by atoms with E-state index in [2.05, 4.69) is 20.0 Å². The van der Waals surface area contributed by atoms with Gasteiger partial charge in [-0.05, 0) is 38.1 Å². The van der Waals surface area contributed by atoms with E-state index in [1.54, 1.807) is 19.1 Å². The number of amides is 1. The first-order chi connectivity index (χ1) is 12.7. The second-order valence-electron chi connectivity index (χ2n) is 5.82. The molecule has 1 aromatic heterocycles. The Hall–Kier alpha value is -2.17. The summed E-state index contributed by atoms with van der Waals surface area (Å²) < 4.78 is 26.3. The molecule has 2 rings (SSSR count). The number of sulfonamides is 1. The Morgan fingerprint density at radius 1 is 1.30 bits per heavy atom. The molecule has 27 heavy (non-hydrogen) atoms. The molecule has 0 saturated carbocycles. The molecule has 1 heterocycles. The number of H-pyrrole nitrogens is 1. The maximum absolute atomic E-state index is 12.2. The normalized spacial score (nSPS) is 11.4. The van der Waals surface area contributed by atoms with Crippen molar-refractivity contribution in [2.24, 2.45) is 0 Å². The predicted molar refractivity (Wildman–Crippen MR) is 106 cm³/mol. The van der Waals surface area contributed by atoms with E-state index in [1.807, 2.05) is 6.92 Å². The van der Waals surface area contributed by atoms with E-state index < -0.39 is 10.0 Å². The van der Waals surface area contributed by atoms with Gasteiger partial charge < -0.3 is 10.3 Å². The smallest absolute Gasteiger partial charge is 0.251 e. The summed E-state index contributed by atoms with van der Waals surface area (Å²) in [5.41, 5.74) is 1.38. The Balaban J connectivity index is 2.07. The van der Waals surface area contributed by atoms with Crippen molar-refractivity contribution in [2.75, 3.05) is 18.1 Å². The van der Waals surface area contributed by atoms with E-state index in [1.165, 1.54) is 19.2 Å². The van der Waals surface area contributed by atoms with Gasteiger partial charge in [-0.15, -0.1) is 0 Å². The maximum Gasteiger partial charge on any atom is 0.251 e. The van der Waals surface area contributed by atoms with Crippen molar-refractivity contribution in [3.8, 4) is 0 Å². The topological polar surface area (TPSA) is 121 Å². The lowest BCUT2D eigenvalue weighted by molar-refractivity contribution is -0.113. The fourth-order valence-corrected chi connectivity index (χ4v) is 4.03.